The molecule has 106 valence electrons. The molecule has 1 heterocycles. The van der Waals surface area contributed by atoms with Crippen LogP contribution in [0.25, 0.3) is 0 Å². The van der Waals surface area contributed by atoms with Crippen molar-refractivity contribution in [3.63, 3.8) is 0 Å². The van der Waals surface area contributed by atoms with Gasteiger partial charge in [-0.1, -0.05) is 0 Å². The van der Waals surface area contributed by atoms with Gasteiger partial charge in [-0.2, -0.15) is 0 Å². The normalized spacial score (nSPS) is 20.5. The minimum atomic E-state index is -0.284. The fourth-order valence-electron chi connectivity index (χ4n) is 2.53. The maximum absolute atomic E-state index is 13.4. The van der Waals surface area contributed by atoms with Gasteiger partial charge in [0.15, 0.2) is 0 Å². The summed E-state index contributed by atoms with van der Waals surface area (Å²) in [7, 11) is 1.57. The zero-order valence-corrected chi connectivity index (χ0v) is 11.2. The summed E-state index contributed by atoms with van der Waals surface area (Å²) >= 11 is 0. The van der Waals surface area contributed by atoms with Gasteiger partial charge in [0, 0.05) is 18.2 Å². The molecule has 2 atom stereocenters. The highest BCUT2D eigenvalue weighted by Gasteiger charge is 2.20. The molecule has 0 aromatic heterocycles. The first kappa shape index (κ1) is 14.2. The number of halogens is 1. The molecule has 19 heavy (non-hydrogen) atoms. The summed E-state index contributed by atoms with van der Waals surface area (Å²) in [5.74, 6) is 5.96. The number of hydrogen-bond acceptors (Lipinski definition) is 4. The number of rotatable bonds is 6. The standard InChI is InChI=1S/C14H21FN2O2/c1-18-14-7-4-10(15)9-12(14)13(17-16)6-5-11-3-2-8-19-11/h4,7,9,11,13,17H,2-3,5-6,8,16H2,1H3. The van der Waals surface area contributed by atoms with E-state index in [4.69, 9.17) is 15.3 Å². The van der Waals surface area contributed by atoms with E-state index < -0.39 is 0 Å². The lowest BCUT2D eigenvalue weighted by Crippen LogP contribution is -2.29. The first-order chi connectivity index (χ1) is 9.24. The van der Waals surface area contributed by atoms with Crippen molar-refractivity contribution in [2.24, 2.45) is 5.84 Å². The third-order valence-electron chi connectivity index (χ3n) is 3.57. The van der Waals surface area contributed by atoms with Crippen molar-refractivity contribution < 1.29 is 13.9 Å². The van der Waals surface area contributed by atoms with Crippen molar-refractivity contribution in [3.05, 3.63) is 29.6 Å². The average molecular weight is 268 g/mol. The first-order valence-corrected chi connectivity index (χ1v) is 6.65. The minimum Gasteiger partial charge on any atom is -0.496 e. The van der Waals surface area contributed by atoms with Gasteiger partial charge in [-0.15, -0.1) is 0 Å². The third-order valence-corrected chi connectivity index (χ3v) is 3.57. The largest absolute Gasteiger partial charge is 0.496 e. The Morgan fingerprint density at radius 3 is 3.05 bits per heavy atom. The predicted octanol–water partition coefficient (Wildman–Crippen LogP) is 2.30. The number of benzene rings is 1. The number of hydrogen-bond donors (Lipinski definition) is 2. The molecular formula is C14H21FN2O2. The number of methoxy groups -OCH3 is 1. The van der Waals surface area contributed by atoms with Crippen LogP contribution in [0.3, 0.4) is 0 Å². The molecule has 0 spiro atoms. The smallest absolute Gasteiger partial charge is 0.123 e. The molecule has 4 nitrogen and oxygen atoms in total. The average Bonchev–Trinajstić information content (AvgIpc) is 2.93. The summed E-state index contributed by atoms with van der Waals surface area (Å²) in [4.78, 5) is 0. The molecule has 3 N–H and O–H groups in total. The monoisotopic (exact) mass is 268 g/mol. The molecule has 2 unspecified atom stereocenters. The lowest BCUT2D eigenvalue weighted by Gasteiger charge is -2.20. The van der Waals surface area contributed by atoms with E-state index in [0.29, 0.717) is 11.9 Å². The number of hydrazine groups is 1. The van der Waals surface area contributed by atoms with E-state index in [1.807, 2.05) is 0 Å². The van der Waals surface area contributed by atoms with Crippen molar-refractivity contribution in [2.45, 2.75) is 37.8 Å². The maximum atomic E-state index is 13.4. The predicted molar refractivity (Wildman–Crippen MR) is 71.2 cm³/mol. The zero-order valence-electron chi connectivity index (χ0n) is 11.2. The number of nitrogens with two attached hydrogens (primary N) is 1. The lowest BCUT2D eigenvalue weighted by atomic mass is 9.99. The number of ether oxygens (including phenoxy) is 2. The van der Waals surface area contributed by atoms with E-state index in [1.165, 1.54) is 12.1 Å². The van der Waals surface area contributed by atoms with Gasteiger partial charge < -0.3 is 9.47 Å². The van der Waals surface area contributed by atoms with Crippen LogP contribution in [0.15, 0.2) is 18.2 Å². The van der Waals surface area contributed by atoms with Crippen molar-refractivity contribution in [3.8, 4) is 5.75 Å². The minimum absolute atomic E-state index is 0.130. The molecule has 1 aromatic carbocycles. The van der Waals surface area contributed by atoms with Gasteiger partial charge in [0.05, 0.1) is 13.2 Å². The first-order valence-electron chi connectivity index (χ1n) is 6.65. The van der Waals surface area contributed by atoms with E-state index in [-0.39, 0.29) is 11.9 Å². The van der Waals surface area contributed by atoms with Crippen LogP contribution in [0.4, 0.5) is 4.39 Å². The summed E-state index contributed by atoms with van der Waals surface area (Å²) in [6.07, 6.45) is 4.22. The molecule has 1 aliphatic heterocycles. The van der Waals surface area contributed by atoms with Gasteiger partial charge in [0.25, 0.3) is 0 Å². The Morgan fingerprint density at radius 2 is 2.42 bits per heavy atom. The van der Waals surface area contributed by atoms with Crippen LogP contribution in [0.1, 0.15) is 37.3 Å². The molecule has 0 aliphatic carbocycles. The highest BCUT2D eigenvalue weighted by atomic mass is 19.1. The molecule has 0 bridgehead atoms. The molecule has 0 saturated carbocycles. The lowest BCUT2D eigenvalue weighted by molar-refractivity contribution is 0.0995. The number of nitrogens with one attached hydrogen (secondary N) is 1. The Labute approximate surface area is 113 Å². The van der Waals surface area contributed by atoms with Crippen LogP contribution < -0.4 is 16.0 Å². The molecule has 0 amide bonds. The maximum Gasteiger partial charge on any atom is 0.123 e. The van der Waals surface area contributed by atoms with Crippen LogP contribution in [0.2, 0.25) is 0 Å². The van der Waals surface area contributed by atoms with Crippen LogP contribution in [0, 0.1) is 5.82 Å². The zero-order chi connectivity index (χ0) is 13.7. The Morgan fingerprint density at radius 1 is 1.58 bits per heavy atom. The Bertz CT molecular complexity index is 408. The Balaban J connectivity index is 2.05. The SMILES string of the molecule is COc1ccc(F)cc1C(CCC1CCCO1)NN. The summed E-state index contributed by atoms with van der Waals surface area (Å²) in [6.45, 7) is 0.842. The van der Waals surface area contributed by atoms with Gasteiger partial charge in [0.1, 0.15) is 11.6 Å². The summed E-state index contributed by atoms with van der Waals surface area (Å²) in [5.41, 5.74) is 3.49. The molecule has 2 rings (SSSR count). The summed E-state index contributed by atoms with van der Waals surface area (Å²) < 4.78 is 24.2. The fourth-order valence-corrected chi connectivity index (χ4v) is 2.53. The van der Waals surface area contributed by atoms with Gasteiger partial charge in [-0.05, 0) is 43.9 Å². The second-order valence-electron chi connectivity index (χ2n) is 4.82. The van der Waals surface area contributed by atoms with E-state index in [9.17, 15) is 4.39 Å². The molecule has 1 aromatic rings. The van der Waals surface area contributed by atoms with Crippen molar-refractivity contribution >= 4 is 0 Å². The quantitative estimate of drug-likeness (QED) is 0.614. The van der Waals surface area contributed by atoms with Gasteiger partial charge in [-0.3, -0.25) is 11.3 Å². The van der Waals surface area contributed by atoms with Gasteiger partial charge >= 0.3 is 0 Å². The summed E-state index contributed by atoms with van der Waals surface area (Å²) in [5, 5.41) is 0. The van der Waals surface area contributed by atoms with Gasteiger partial charge in [0.2, 0.25) is 0 Å². The highest BCUT2D eigenvalue weighted by Crippen LogP contribution is 2.30. The second kappa shape index (κ2) is 6.84. The van der Waals surface area contributed by atoms with Crippen molar-refractivity contribution in [1.29, 1.82) is 0 Å². The van der Waals surface area contributed by atoms with Crippen LogP contribution in [-0.2, 0) is 4.74 Å². The van der Waals surface area contributed by atoms with E-state index in [0.717, 1.165) is 37.9 Å². The van der Waals surface area contributed by atoms with Crippen LogP contribution in [0.5, 0.6) is 5.75 Å². The summed E-state index contributed by atoms with van der Waals surface area (Å²) in [6, 6.07) is 4.35. The van der Waals surface area contributed by atoms with E-state index in [2.05, 4.69) is 5.43 Å². The molecule has 1 fully saturated rings. The third kappa shape index (κ3) is 3.65. The Kier molecular flexibility index (Phi) is 5.13. The molecule has 5 heteroatoms. The molecular weight excluding hydrogens is 247 g/mol. The van der Waals surface area contributed by atoms with Crippen LogP contribution in [-0.4, -0.2) is 19.8 Å². The molecule has 0 radical (unpaired) electrons. The van der Waals surface area contributed by atoms with Gasteiger partial charge in [-0.25, -0.2) is 4.39 Å². The molecule has 1 saturated heterocycles. The van der Waals surface area contributed by atoms with E-state index >= 15 is 0 Å². The van der Waals surface area contributed by atoms with Crippen LogP contribution >= 0.6 is 0 Å². The van der Waals surface area contributed by atoms with Crippen molar-refractivity contribution in [1.82, 2.24) is 5.43 Å². The van der Waals surface area contributed by atoms with E-state index in [1.54, 1.807) is 13.2 Å². The fraction of sp³-hybridized carbons (Fsp3) is 0.571. The molecule has 1 aliphatic rings. The Hall–Kier alpha value is -1.17. The second-order valence-corrected chi connectivity index (χ2v) is 4.82. The highest BCUT2D eigenvalue weighted by molar-refractivity contribution is 5.36. The van der Waals surface area contributed by atoms with Crippen molar-refractivity contribution in [2.75, 3.05) is 13.7 Å². The topological polar surface area (TPSA) is 56.5 Å².